The molecule has 102 valence electrons. The first-order chi connectivity index (χ1) is 8.18. The molecular formula is C13H26O3S. The molecule has 17 heavy (non-hydrogen) atoms. The van der Waals surface area contributed by atoms with Crippen molar-refractivity contribution < 1.29 is 15.0 Å². The molecule has 0 heterocycles. The summed E-state index contributed by atoms with van der Waals surface area (Å²) in [5.74, 6) is -0.394. The van der Waals surface area contributed by atoms with E-state index in [1.54, 1.807) is 0 Å². The van der Waals surface area contributed by atoms with Crippen molar-refractivity contribution in [3.63, 3.8) is 0 Å². The average molecular weight is 262 g/mol. The lowest BCUT2D eigenvalue weighted by Gasteiger charge is -2.05. The molecule has 0 saturated heterocycles. The molecule has 4 heteroatoms. The van der Waals surface area contributed by atoms with Crippen LogP contribution in [0.25, 0.3) is 0 Å². The number of hydrogen-bond donors (Lipinski definition) is 2. The second-order valence-corrected chi connectivity index (χ2v) is 5.58. The predicted octanol–water partition coefficient (Wildman–Crippen LogP) is 3.65. The van der Waals surface area contributed by atoms with Gasteiger partial charge in [0.15, 0.2) is 5.44 Å². The molecule has 0 aromatic carbocycles. The number of aliphatic hydroxyl groups is 1. The summed E-state index contributed by atoms with van der Waals surface area (Å²) >= 11 is 1.12. The van der Waals surface area contributed by atoms with Gasteiger partial charge in [0.1, 0.15) is 0 Å². The van der Waals surface area contributed by atoms with Crippen LogP contribution in [-0.4, -0.2) is 27.4 Å². The van der Waals surface area contributed by atoms with Gasteiger partial charge in [0.2, 0.25) is 0 Å². The zero-order chi connectivity index (χ0) is 12.9. The van der Waals surface area contributed by atoms with E-state index in [-0.39, 0.29) is 0 Å². The molecule has 0 saturated carbocycles. The molecule has 0 aliphatic carbocycles. The highest BCUT2D eigenvalue weighted by molar-refractivity contribution is 8.00. The molecule has 3 nitrogen and oxygen atoms in total. The Hall–Kier alpha value is -0.220. The molecule has 0 radical (unpaired) electrons. The smallest absolute Gasteiger partial charge is 0.343 e. The summed E-state index contributed by atoms with van der Waals surface area (Å²) in [6.45, 7) is 2.23. The standard InChI is InChI=1S/C13H26O3S/c1-2-3-4-5-6-7-8-9-10-11-17-13(16)12(14)15/h13,16H,2-11H2,1H3,(H,14,15). The van der Waals surface area contributed by atoms with Gasteiger partial charge in [0.25, 0.3) is 0 Å². The number of carboxylic acid groups (broad SMARTS) is 1. The van der Waals surface area contributed by atoms with Gasteiger partial charge < -0.3 is 10.2 Å². The number of carbonyl (C=O) groups is 1. The third kappa shape index (κ3) is 12.0. The summed E-state index contributed by atoms with van der Waals surface area (Å²) in [5.41, 5.74) is -1.25. The maximum Gasteiger partial charge on any atom is 0.343 e. The van der Waals surface area contributed by atoms with Crippen molar-refractivity contribution in [2.45, 2.75) is 70.1 Å². The second kappa shape index (κ2) is 12.2. The van der Waals surface area contributed by atoms with Gasteiger partial charge in [-0.3, -0.25) is 0 Å². The molecule has 0 aromatic heterocycles. The summed E-state index contributed by atoms with van der Waals surface area (Å²) in [7, 11) is 0. The molecular weight excluding hydrogens is 236 g/mol. The Morgan fingerprint density at radius 1 is 1.00 bits per heavy atom. The fourth-order valence-electron chi connectivity index (χ4n) is 1.68. The molecule has 0 aliphatic heterocycles. The summed E-state index contributed by atoms with van der Waals surface area (Å²) in [5, 5.41) is 17.5. The molecule has 0 aliphatic rings. The Labute approximate surface area is 109 Å². The van der Waals surface area contributed by atoms with Crippen molar-refractivity contribution >= 4 is 17.7 Å². The minimum absolute atomic E-state index is 0.739. The molecule has 0 fully saturated rings. The Kier molecular flexibility index (Phi) is 12.1. The number of thioether (sulfide) groups is 1. The molecule has 0 amide bonds. The maximum atomic E-state index is 10.3. The Morgan fingerprint density at radius 3 is 1.94 bits per heavy atom. The quantitative estimate of drug-likeness (QED) is 0.416. The largest absolute Gasteiger partial charge is 0.479 e. The molecule has 0 aromatic rings. The summed E-state index contributed by atoms with van der Waals surface area (Å²) in [6, 6.07) is 0. The zero-order valence-corrected chi connectivity index (χ0v) is 11.7. The minimum atomic E-state index is -1.25. The van der Waals surface area contributed by atoms with Gasteiger partial charge in [0.05, 0.1) is 0 Å². The number of rotatable bonds is 12. The van der Waals surface area contributed by atoms with Crippen molar-refractivity contribution in [2.24, 2.45) is 0 Å². The molecule has 0 bridgehead atoms. The van der Waals surface area contributed by atoms with Gasteiger partial charge in [-0.05, 0) is 12.2 Å². The Morgan fingerprint density at radius 2 is 1.47 bits per heavy atom. The van der Waals surface area contributed by atoms with Crippen molar-refractivity contribution in [1.82, 2.24) is 0 Å². The van der Waals surface area contributed by atoms with Crippen LogP contribution in [0, 0.1) is 0 Å². The lowest BCUT2D eigenvalue weighted by Crippen LogP contribution is -2.15. The van der Waals surface area contributed by atoms with Crippen LogP contribution in [0.4, 0.5) is 0 Å². The number of unbranched alkanes of at least 4 members (excludes halogenated alkanes) is 8. The molecule has 0 rings (SSSR count). The third-order valence-electron chi connectivity index (χ3n) is 2.73. The first kappa shape index (κ1) is 16.8. The fraction of sp³-hybridized carbons (Fsp3) is 0.923. The number of aliphatic carboxylic acids is 1. The number of carboxylic acids is 1. The molecule has 2 N–H and O–H groups in total. The summed E-state index contributed by atoms with van der Waals surface area (Å²) in [4.78, 5) is 10.3. The van der Waals surface area contributed by atoms with Crippen LogP contribution in [0.1, 0.15) is 64.7 Å². The van der Waals surface area contributed by atoms with Gasteiger partial charge >= 0.3 is 5.97 Å². The number of hydrogen-bond acceptors (Lipinski definition) is 3. The maximum absolute atomic E-state index is 10.3. The fourth-order valence-corrected chi connectivity index (χ4v) is 2.42. The van der Waals surface area contributed by atoms with E-state index in [9.17, 15) is 4.79 Å². The average Bonchev–Trinajstić information content (AvgIpc) is 2.31. The van der Waals surface area contributed by atoms with E-state index in [0.717, 1.165) is 30.4 Å². The van der Waals surface area contributed by atoms with Crippen molar-refractivity contribution in [1.29, 1.82) is 0 Å². The second-order valence-electron chi connectivity index (χ2n) is 4.39. The van der Waals surface area contributed by atoms with E-state index < -0.39 is 11.4 Å². The van der Waals surface area contributed by atoms with E-state index in [0.29, 0.717) is 0 Å². The van der Waals surface area contributed by atoms with Gasteiger partial charge in [-0.2, -0.15) is 0 Å². The Balaban J connectivity index is 3.06. The number of aliphatic hydroxyl groups excluding tert-OH is 1. The molecule has 1 unspecified atom stereocenters. The van der Waals surface area contributed by atoms with Crippen molar-refractivity contribution in [2.75, 3.05) is 5.75 Å². The monoisotopic (exact) mass is 262 g/mol. The van der Waals surface area contributed by atoms with Gasteiger partial charge in [-0.15, -0.1) is 11.8 Å². The molecule has 1 atom stereocenters. The van der Waals surface area contributed by atoms with Crippen LogP contribution in [0.2, 0.25) is 0 Å². The van der Waals surface area contributed by atoms with Crippen LogP contribution in [0.15, 0.2) is 0 Å². The zero-order valence-electron chi connectivity index (χ0n) is 10.9. The van der Waals surface area contributed by atoms with Gasteiger partial charge in [0, 0.05) is 0 Å². The van der Waals surface area contributed by atoms with E-state index in [1.807, 2.05) is 0 Å². The summed E-state index contributed by atoms with van der Waals surface area (Å²) < 4.78 is 0. The van der Waals surface area contributed by atoms with Gasteiger partial charge in [-0.25, -0.2) is 4.79 Å². The normalized spacial score (nSPS) is 12.6. The first-order valence-corrected chi connectivity index (χ1v) is 7.75. The van der Waals surface area contributed by atoms with Crippen molar-refractivity contribution in [3.8, 4) is 0 Å². The van der Waals surface area contributed by atoms with E-state index in [4.69, 9.17) is 10.2 Å². The van der Waals surface area contributed by atoms with Gasteiger partial charge in [-0.1, -0.05) is 58.3 Å². The van der Waals surface area contributed by atoms with Crippen LogP contribution < -0.4 is 0 Å². The third-order valence-corrected chi connectivity index (χ3v) is 3.78. The Bertz CT molecular complexity index is 186. The lowest BCUT2D eigenvalue weighted by molar-refractivity contribution is -0.141. The highest BCUT2D eigenvalue weighted by atomic mass is 32.2. The van der Waals surface area contributed by atoms with E-state index >= 15 is 0 Å². The van der Waals surface area contributed by atoms with Crippen LogP contribution in [-0.2, 0) is 4.79 Å². The SMILES string of the molecule is CCCCCCCCCCCSC(O)C(=O)O. The molecule has 0 spiro atoms. The summed E-state index contributed by atoms with van der Waals surface area (Å²) in [6.07, 6.45) is 11.3. The van der Waals surface area contributed by atoms with Crippen LogP contribution in [0.5, 0.6) is 0 Å². The van der Waals surface area contributed by atoms with E-state index in [1.165, 1.54) is 44.9 Å². The van der Waals surface area contributed by atoms with Crippen LogP contribution >= 0.6 is 11.8 Å². The van der Waals surface area contributed by atoms with Crippen LogP contribution in [0.3, 0.4) is 0 Å². The highest BCUT2D eigenvalue weighted by Crippen LogP contribution is 2.14. The predicted molar refractivity (Wildman–Crippen MR) is 73.3 cm³/mol. The van der Waals surface area contributed by atoms with E-state index in [2.05, 4.69) is 6.92 Å². The topological polar surface area (TPSA) is 57.5 Å². The lowest BCUT2D eigenvalue weighted by atomic mass is 10.1. The minimum Gasteiger partial charge on any atom is -0.479 e. The van der Waals surface area contributed by atoms with Crippen molar-refractivity contribution in [3.05, 3.63) is 0 Å². The first-order valence-electron chi connectivity index (χ1n) is 6.71. The highest BCUT2D eigenvalue weighted by Gasteiger charge is 2.11.